The van der Waals surface area contributed by atoms with Crippen LogP contribution in [0.2, 0.25) is 0 Å². The van der Waals surface area contributed by atoms with Crippen molar-refractivity contribution in [3.8, 4) is 0 Å². The van der Waals surface area contributed by atoms with Gasteiger partial charge >= 0.3 is 0 Å². The summed E-state index contributed by atoms with van der Waals surface area (Å²) in [6, 6.07) is 3.99. The molecule has 0 amide bonds. The zero-order chi connectivity index (χ0) is 9.84. The van der Waals surface area contributed by atoms with Gasteiger partial charge in [-0.15, -0.1) is 0 Å². The van der Waals surface area contributed by atoms with Crippen molar-refractivity contribution < 1.29 is 9.13 Å². The molecule has 72 valence electrons. The molecule has 3 nitrogen and oxygen atoms in total. The van der Waals surface area contributed by atoms with Crippen LogP contribution in [0, 0.1) is 5.82 Å². The molecule has 1 aromatic carbocycles. The van der Waals surface area contributed by atoms with E-state index in [4.69, 9.17) is 16.2 Å². The summed E-state index contributed by atoms with van der Waals surface area (Å²) in [6.45, 7) is 0.255. The molecule has 0 fully saturated rings. The molecule has 0 saturated heterocycles. The van der Waals surface area contributed by atoms with Gasteiger partial charge in [-0.3, -0.25) is 0 Å². The first-order valence-electron chi connectivity index (χ1n) is 3.95. The van der Waals surface area contributed by atoms with Crippen LogP contribution in [-0.2, 0) is 4.74 Å². The minimum absolute atomic E-state index is 0.255. The van der Waals surface area contributed by atoms with Gasteiger partial charge in [-0.25, -0.2) is 4.39 Å². The molecule has 1 rings (SSSR count). The summed E-state index contributed by atoms with van der Waals surface area (Å²) in [7, 11) is 1.51. The largest absolute Gasteiger partial charge is 0.398 e. The normalized spacial score (nSPS) is 12.8. The van der Waals surface area contributed by atoms with E-state index in [1.807, 2.05) is 0 Å². The van der Waals surface area contributed by atoms with E-state index in [-0.39, 0.29) is 12.4 Å². The Morgan fingerprint density at radius 3 is 2.77 bits per heavy atom. The van der Waals surface area contributed by atoms with Gasteiger partial charge in [0.05, 0.1) is 12.6 Å². The minimum atomic E-state index is -0.508. The molecule has 0 radical (unpaired) electrons. The Morgan fingerprint density at radius 1 is 1.54 bits per heavy atom. The highest BCUT2D eigenvalue weighted by Crippen LogP contribution is 2.21. The van der Waals surface area contributed by atoms with E-state index in [1.54, 1.807) is 12.1 Å². The van der Waals surface area contributed by atoms with Crippen LogP contribution in [0.15, 0.2) is 18.2 Å². The van der Waals surface area contributed by atoms with Gasteiger partial charge in [-0.05, 0) is 12.1 Å². The molecule has 4 N–H and O–H groups in total. The molecule has 0 aliphatic carbocycles. The fourth-order valence-electron chi connectivity index (χ4n) is 1.21. The van der Waals surface area contributed by atoms with E-state index >= 15 is 0 Å². The fourth-order valence-corrected chi connectivity index (χ4v) is 1.21. The predicted octanol–water partition coefficient (Wildman–Crippen LogP) is 1.05. The summed E-state index contributed by atoms with van der Waals surface area (Å²) in [5.74, 6) is -0.385. The van der Waals surface area contributed by atoms with Crippen LogP contribution < -0.4 is 11.5 Å². The maximum absolute atomic E-state index is 13.2. The Bertz CT molecular complexity index is 271. The highest BCUT2D eigenvalue weighted by molar-refractivity contribution is 5.48. The van der Waals surface area contributed by atoms with Crippen molar-refractivity contribution in [2.75, 3.05) is 19.5 Å². The average Bonchev–Trinajstić information content (AvgIpc) is 2.04. The third-order valence-electron chi connectivity index (χ3n) is 1.80. The van der Waals surface area contributed by atoms with Gasteiger partial charge < -0.3 is 16.2 Å². The molecule has 13 heavy (non-hydrogen) atoms. The number of methoxy groups -OCH3 is 1. The molecule has 1 aromatic rings. The first-order chi connectivity index (χ1) is 6.16. The van der Waals surface area contributed by atoms with Crippen molar-refractivity contribution in [2.45, 2.75) is 6.04 Å². The topological polar surface area (TPSA) is 61.3 Å². The van der Waals surface area contributed by atoms with Crippen molar-refractivity contribution in [1.29, 1.82) is 0 Å². The number of anilines is 1. The van der Waals surface area contributed by atoms with E-state index in [9.17, 15) is 4.39 Å². The monoisotopic (exact) mass is 184 g/mol. The van der Waals surface area contributed by atoms with Gasteiger partial charge in [0.15, 0.2) is 0 Å². The zero-order valence-corrected chi connectivity index (χ0v) is 7.46. The average molecular weight is 184 g/mol. The molecular weight excluding hydrogens is 171 g/mol. The number of ether oxygens (including phenoxy) is 1. The van der Waals surface area contributed by atoms with Crippen LogP contribution in [0.25, 0.3) is 0 Å². The van der Waals surface area contributed by atoms with Crippen LogP contribution in [0.5, 0.6) is 0 Å². The highest BCUT2D eigenvalue weighted by Gasteiger charge is 2.13. The summed E-state index contributed by atoms with van der Waals surface area (Å²) >= 11 is 0. The Hall–Kier alpha value is -1.13. The van der Waals surface area contributed by atoms with E-state index < -0.39 is 6.04 Å². The van der Waals surface area contributed by atoms with Crippen LogP contribution in [0.4, 0.5) is 10.1 Å². The first kappa shape index (κ1) is 9.95. The Kier molecular flexibility index (Phi) is 3.22. The molecule has 0 spiro atoms. The van der Waals surface area contributed by atoms with E-state index in [0.29, 0.717) is 11.3 Å². The van der Waals surface area contributed by atoms with E-state index in [0.717, 1.165) is 0 Å². The zero-order valence-electron chi connectivity index (χ0n) is 7.46. The van der Waals surface area contributed by atoms with Crippen LogP contribution >= 0.6 is 0 Å². The molecule has 0 saturated carbocycles. The molecule has 0 aliphatic rings. The first-order valence-corrected chi connectivity index (χ1v) is 3.95. The third kappa shape index (κ3) is 2.17. The molecule has 0 unspecified atom stereocenters. The third-order valence-corrected chi connectivity index (χ3v) is 1.80. The second kappa shape index (κ2) is 4.20. The standard InChI is InChI=1S/C9H13FN2O/c1-13-5-8(12)9-6(10)3-2-4-7(9)11/h2-4,8H,5,11-12H2,1H3/t8-/m1/s1. The molecule has 4 heteroatoms. The minimum Gasteiger partial charge on any atom is -0.398 e. The summed E-state index contributed by atoms with van der Waals surface area (Å²) in [4.78, 5) is 0. The second-order valence-corrected chi connectivity index (χ2v) is 2.80. The van der Waals surface area contributed by atoms with E-state index in [2.05, 4.69) is 0 Å². The van der Waals surface area contributed by atoms with Crippen molar-refractivity contribution in [3.05, 3.63) is 29.6 Å². The highest BCUT2D eigenvalue weighted by atomic mass is 19.1. The fraction of sp³-hybridized carbons (Fsp3) is 0.333. The lowest BCUT2D eigenvalue weighted by molar-refractivity contribution is 0.180. The quantitative estimate of drug-likeness (QED) is 0.690. The van der Waals surface area contributed by atoms with Gasteiger partial charge in [0.25, 0.3) is 0 Å². The number of rotatable bonds is 3. The maximum atomic E-state index is 13.2. The van der Waals surface area contributed by atoms with Crippen molar-refractivity contribution in [3.63, 3.8) is 0 Å². The van der Waals surface area contributed by atoms with Gasteiger partial charge in [0.1, 0.15) is 5.82 Å². The summed E-state index contributed by atoms with van der Waals surface area (Å²) in [5, 5.41) is 0. The van der Waals surface area contributed by atoms with E-state index in [1.165, 1.54) is 13.2 Å². The number of hydrogen-bond donors (Lipinski definition) is 2. The molecule has 0 aromatic heterocycles. The Labute approximate surface area is 76.5 Å². The van der Waals surface area contributed by atoms with Gasteiger partial charge in [-0.1, -0.05) is 6.07 Å². The lowest BCUT2D eigenvalue weighted by atomic mass is 10.1. The number of benzene rings is 1. The number of nitrogens with two attached hydrogens (primary N) is 2. The summed E-state index contributed by atoms with van der Waals surface area (Å²) in [5.41, 5.74) is 11.9. The SMILES string of the molecule is COC[C@@H](N)c1c(N)cccc1F. The predicted molar refractivity (Wildman–Crippen MR) is 49.6 cm³/mol. The Morgan fingerprint density at radius 2 is 2.23 bits per heavy atom. The number of halogens is 1. The van der Waals surface area contributed by atoms with Crippen LogP contribution in [-0.4, -0.2) is 13.7 Å². The molecular formula is C9H13FN2O. The van der Waals surface area contributed by atoms with Gasteiger partial charge in [0.2, 0.25) is 0 Å². The molecule has 0 aliphatic heterocycles. The maximum Gasteiger partial charge on any atom is 0.130 e. The molecule has 0 heterocycles. The number of nitrogen functional groups attached to an aromatic ring is 1. The summed E-state index contributed by atoms with van der Waals surface area (Å²) in [6.07, 6.45) is 0. The molecule has 0 bridgehead atoms. The number of hydrogen-bond acceptors (Lipinski definition) is 3. The van der Waals surface area contributed by atoms with Gasteiger partial charge in [-0.2, -0.15) is 0 Å². The van der Waals surface area contributed by atoms with Crippen molar-refractivity contribution in [2.24, 2.45) is 5.73 Å². The smallest absolute Gasteiger partial charge is 0.130 e. The summed E-state index contributed by atoms with van der Waals surface area (Å²) < 4.78 is 18.0. The van der Waals surface area contributed by atoms with Crippen LogP contribution in [0.3, 0.4) is 0 Å². The Balaban J connectivity index is 2.98. The lowest BCUT2D eigenvalue weighted by Gasteiger charge is -2.13. The van der Waals surface area contributed by atoms with Crippen molar-refractivity contribution >= 4 is 5.69 Å². The van der Waals surface area contributed by atoms with Crippen LogP contribution in [0.1, 0.15) is 11.6 Å². The second-order valence-electron chi connectivity index (χ2n) is 2.80. The lowest BCUT2D eigenvalue weighted by Crippen LogP contribution is -2.19. The molecule has 1 atom stereocenters. The van der Waals surface area contributed by atoms with Crippen molar-refractivity contribution in [1.82, 2.24) is 0 Å². The van der Waals surface area contributed by atoms with Gasteiger partial charge in [0, 0.05) is 18.4 Å².